The standard InChI is InChI=1S/C13H15F2NO3/c14-13(15)19-11-5-1-3-9(7-11)12(18)16-6-2-4-10(17)8-16/h1,3,5,7,10,13,17H,2,4,6,8H2. The number of nitrogens with zero attached hydrogens (tertiary/aromatic N) is 1. The minimum absolute atomic E-state index is 0.0431. The van der Waals surface area contributed by atoms with Gasteiger partial charge in [0.15, 0.2) is 0 Å². The molecule has 1 amide bonds. The average molecular weight is 271 g/mol. The highest BCUT2D eigenvalue weighted by atomic mass is 19.3. The molecule has 2 rings (SSSR count). The van der Waals surface area contributed by atoms with Crippen molar-refractivity contribution in [1.82, 2.24) is 4.90 Å². The average Bonchev–Trinajstić information content (AvgIpc) is 2.37. The van der Waals surface area contributed by atoms with E-state index in [1.54, 1.807) is 6.07 Å². The van der Waals surface area contributed by atoms with Crippen molar-refractivity contribution in [2.24, 2.45) is 0 Å². The van der Waals surface area contributed by atoms with Gasteiger partial charge >= 0.3 is 6.61 Å². The lowest BCUT2D eigenvalue weighted by atomic mass is 10.1. The van der Waals surface area contributed by atoms with E-state index in [-0.39, 0.29) is 23.8 Å². The number of hydrogen-bond donors (Lipinski definition) is 1. The zero-order valence-corrected chi connectivity index (χ0v) is 10.3. The number of rotatable bonds is 3. The first-order valence-electron chi connectivity index (χ1n) is 6.08. The molecule has 19 heavy (non-hydrogen) atoms. The number of halogens is 2. The van der Waals surface area contributed by atoms with E-state index < -0.39 is 12.7 Å². The SMILES string of the molecule is O=C(c1cccc(OC(F)F)c1)N1CCCC(O)C1. The molecule has 0 aliphatic carbocycles. The zero-order chi connectivity index (χ0) is 13.8. The molecule has 1 aliphatic heterocycles. The van der Waals surface area contributed by atoms with Crippen LogP contribution in [0, 0.1) is 0 Å². The highest BCUT2D eigenvalue weighted by Gasteiger charge is 2.23. The molecule has 1 aromatic carbocycles. The number of amides is 1. The molecule has 104 valence electrons. The van der Waals surface area contributed by atoms with E-state index in [4.69, 9.17) is 0 Å². The van der Waals surface area contributed by atoms with E-state index in [1.165, 1.54) is 23.1 Å². The van der Waals surface area contributed by atoms with E-state index in [0.717, 1.165) is 6.42 Å². The van der Waals surface area contributed by atoms with Crippen LogP contribution in [0.1, 0.15) is 23.2 Å². The second-order valence-corrected chi connectivity index (χ2v) is 4.45. The van der Waals surface area contributed by atoms with E-state index in [2.05, 4.69) is 4.74 Å². The Hall–Kier alpha value is -1.69. The Bertz CT molecular complexity index is 453. The maximum atomic E-state index is 12.2. The summed E-state index contributed by atoms with van der Waals surface area (Å²) in [5, 5.41) is 9.53. The number of carbonyl (C=O) groups excluding carboxylic acids is 1. The van der Waals surface area contributed by atoms with Crippen molar-refractivity contribution >= 4 is 5.91 Å². The van der Waals surface area contributed by atoms with Gasteiger partial charge in [0, 0.05) is 18.7 Å². The summed E-state index contributed by atoms with van der Waals surface area (Å²) in [6.07, 6.45) is 0.900. The zero-order valence-electron chi connectivity index (χ0n) is 10.3. The number of aliphatic hydroxyl groups excluding tert-OH is 1. The van der Waals surface area contributed by atoms with Crippen LogP contribution in [0.2, 0.25) is 0 Å². The molecule has 0 bridgehead atoms. The first-order chi connectivity index (χ1) is 9.06. The smallest absolute Gasteiger partial charge is 0.387 e. The van der Waals surface area contributed by atoms with Crippen LogP contribution in [0.25, 0.3) is 0 Å². The van der Waals surface area contributed by atoms with E-state index in [9.17, 15) is 18.7 Å². The fraction of sp³-hybridized carbons (Fsp3) is 0.462. The van der Waals surface area contributed by atoms with Gasteiger partial charge in [-0.25, -0.2) is 0 Å². The van der Waals surface area contributed by atoms with Crippen LogP contribution in [-0.4, -0.2) is 41.7 Å². The molecule has 1 heterocycles. The summed E-state index contributed by atoms with van der Waals surface area (Å²) in [5.74, 6) is -0.322. The van der Waals surface area contributed by atoms with Gasteiger partial charge in [0.25, 0.3) is 5.91 Å². The molecule has 0 aromatic heterocycles. The lowest BCUT2D eigenvalue weighted by Gasteiger charge is -2.30. The molecule has 0 saturated carbocycles. The van der Waals surface area contributed by atoms with Gasteiger partial charge in [-0.2, -0.15) is 8.78 Å². The number of hydrogen-bond acceptors (Lipinski definition) is 3. The molecule has 1 N–H and O–H groups in total. The third kappa shape index (κ3) is 3.64. The predicted octanol–water partition coefficient (Wildman–Crippen LogP) is 1.88. The van der Waals surface area contributed by atoms with Gasteiger partial charge in [-0.1, -0.05) is 6.07 Å². The molecule has 1 atom stereocenters. The number of alkyl halides is 2. The van der Waals surface area contributed by atoms with Gasteiger partial charge in [0.2, 0.25) is 0 Å². The Kier molecular flexibility index (Phi) is 4.31. The normalized spacial score (nSPS) is 19.6. The fourth-order valence-electron chi connectivity index (χ4n) is 2.13. The molecular weight excluding hydrogens is 256 g/mol. The third-order valence-corrected chi connectivity index (χ3v) is 2.99. The Morgan fingerprint density at radius 2 is 2.26 bits per heavy atom. The summed E-state index contributed by atoms with van der Waals surface area (Å²) in [6, 6.07) is 5.69. The van der Waals surface area contributed by atoms with Gasteiger partial charge in [0.05, 0.1) is 6.10 Å². The van der Waals surface area contributed by atoms with Crippen molar-refractivity contribution in [3.8, 4) is 5.75 Å². The van der Waals surface area contributed by atoms with Crippen molar-refractivity contribution in [3.05, 3.63) is 29.8 Å². The second kappa shape index (κ2) is 5.97. The molecule has 6 heteroatoms. The first kappa shape index (κ1) is 13.7. The summed E-state index contributed by atoms with van der Waals surface area (Å²) >= 11 is 0. The molecule has 1 aromatic rings. The summed E-state index contributed by atoms with van der Waals surface area (Å²) < 4.78 is 28.5. The Balaban J connectivity index is 2.10. The number of likely N-dealkylation sites (tertiary alicyclic amines) is 1. The van der Waals surface area contributed by atoms with Crippen LogP contribution in [0.3, 0.4) is 0 Å². The third-order valence-electron chi connectivity index (χ3n) is 2.99. The van der Waals surface area contributed by atoms with Crippen LogP contribution in [0.4, 0.5) is 8.78 Å². The molecule has 1 fully saturated rings. The second-order valence-electron chi connectivity index (χ2n) is 4.45. The number of piperidine rings is 1. The van der Waals surface area contributed by atoms with E-state index in [0.29, 0.717) is 13.0 Å². The van der Waals surface area contributed by atoms with Crippen LogP contribution >= 0.6 is 0 Å². The number of β-amino-alcohol motifs (C(OH)–C–C–N with tert-alkyl or cyclic N) is 1. The van der Waals surface area contributed by atoms with Crippen molar-refractivity contribution in [3.63, 3.8) is 0 Å². The number of ether oxygens (including phenoxy) is 1. The molecule has 0 radical (unpaired) electrons. The Morgan fingerprint density at radius 3 is 2.95 bits per heavy atom. The Morgan fingerprint density at radius 1 is 1.47 bits per heavy atom. The van der Waals surface area contributed by atoms with E-state index >= 15 is 0 Å². The molecule has 4 nitrogen and oxygen atoms in total. The van der Waals surface area contributed by atoms with Gasteiger partial charge in [-0.3, -0.25) is 4.79 Å². The van der Waals surface area contributed by atoms with Crippen LogP contribution in [0.15, 0.2) is 24.3 Å². The summed E-state index contributed by atoms with van der Waals surface area (Å²) in [6.45, 7) is -2.07. The molecule has 1 unspecified atom stereocenters. The minimum atomic E-state index is -2.91. The quantitative estimate of drug-likeness (QED) is 0.913. The number of aliphatic hydroxyl groups is 1. The van der Waals surface area contributed by atoms with E-state index in [1.807, 2.05) is 0 Å². The molecule has 0 spiro atoms. The maximum absolute atomic E-state index is 12.2. The lowest BCUT2D eigenvalue weighted by molar-refractivity contribution is -0.0499. The monoisotopic (exact) mass is 271 g/mol. The predicted molar refractivity (Wildman–Crippen MR) is 64.2 cm³/mol. The summed E-state index contributed by atoms with van der Waals surface area (Å²) in [7, 11) is 0. The largest absolute Gasteiger partial charge is 0.435 e. The van der Waals surface area contributed by atoms with Gasteiger partial charge in [-0.15, -0.1) is 0 Å². The highest BCUT2D eigenvalue weighted by Crippen LogP contribution is 2.19. The van der Waals surface area contributed by atoms with Crippen LogP contribution in [0.5, 0.6) is 5.75 Å². The van der Waals surface area contributed by atoms with Crippen molar-refractivity contribution in [1.29, 1.82) is 0 Å². The number of benzene rings is 1. The van der Waals surface area contributed by atoms with Crippen molar-refractivity contribution in [2.45, 2.75) is 25.6 Å². The van der Waals surface area contributed by atoms with Gasteiger partial charge < -0.3 is 14.7 Å². The number of carbonyl (C=O) groups is 1. The topological polar surface area (TPSA) is 49.8 Å². The summed E-state index contributed by atoms with van der Waals surface area (Å²) in [4.78, 5) is 13.7. The Labute approximate surface area is 109 Å². The van der Waals surface area contributed by atoms with Gasteiger partial charge in [-0.05, 0) is 31.0 Å². The van der Waals surface area contributed by atoms with Gasteiger partial charge in [0.1, 0.15) is 5.75 Å². The lowest BCUT2D eigenvalue weighted by Crippen LogP contribution is -2.42. The van der Waals surface area contributed by atoms with Crippen molar-refractivity contribution < 1.29 is 23.4 Å². The maximum Gasteiger partial charge on any atom is 0.387 e. The summed E-state index contributed by atoms with van der Waals surface area (Å²) in [5.41, 5.74) is 0.284. The minimum Gasteiger partial charge on any atom is -0.435 e. The fourth-order valence-corrected chi connectivity index (χ4v) is 2.13. The van der Waals surface area contributed by atoms with Crippen LogP contribution in [-0.2, 0) is 0 Å². The molecule has 1 aliphatic rings. The highest BCUT2D eigenvalue weighted by molar-refractivity contribution is 5.94. The molecule has 1 saturated heterocycles. The first-order valence-corrected chi connectivity index (χ1v) is 6.08. The van der Waals surface area contributed by atoms with Crippen molar-refractivity contribution in [2.75, 3.05) is 13.1 Å². The molecular formula is C13H15F2NO3. The van der Waals surface area contributed by atoms with Crippen LogP contribution < -0.4 is 4.74 Å².